The molecule has 0 aliphatic carbocycles. The Morgan fingerprint density at radius 2 is 1.64 bits per heavy atom. The van der Waals surface area contributed by atoms with Crippen molar-refractivity contribution >= 4 is 11.5 Å². The van der Waals surface area contributed by atoms with Crippen LogP contribution in [-0.4, -0.2) is 46.9 Å². The highest BCUT2D eigenvalue weighted by Gasteiger charge is 2.16. The van der Waals surface area contributed by atoms with E-state index in [0.29, 0.717) is 0 Å². The maximum Gasteiger partial charge on any atom is 0.0409 e. The maximum absolute atomic E-state index is 4.17. The Morgan fingerprint density at radius 3 is 2.27 bits per heavy atom. The highest BCUT2D eigenvalue weighted by atomic mass is 32.1. The lowest BCUT2D eigenvalue weighted by Crippen LogP contribution is -2.46. The lowest BCUT2D eigenvalue weighted by molar-refractivity contribution is 0.128. The van der Waals surface area contributed by atoms with Crippen LogP contribution in [0.3, 0.4) is 0 Å². The summed E-state index contributed by atoms with van der Waals surface area (Å²) < 4.78 is 4.17. The second-order valence-corrected chi connectivity index (χ2v) is 6.93. The molecule has 1 saturated heterocycles. The number of aryl methyl sites for hydroxylation is 1. The SMILES string of the molecule is CCc1ccc(CN2CCN(CCc3ccns3)CC2)cc1. The molecule has 1 aliphatic heterocycles. The van der Waals surface area contributed by atoms with Crippen molar-refractivity contribution in [3.8, 4) is 0 Å². The van der Waals surface area contributed by atoms with E-state index in [4.69, 9.17) is 0 Å². The first-order valence-corrected chi connectivity index (χ1v) is 9.03. The van der Waals surface area contributed by atoms with Crippen LogP contribution in [0.4, 0.5) is 0 Å². The molecule has 0 N–H and O–H groups in total. The number of aromatic nitrogens is 1. The fraction of sp³-hybridized carbons (Fsp3) is 0.500. The molecule has 2 aromatic rings. The molecule has 0 spiro atoms. The van der Waals surface area contributed by atoms with Crippen molar-refractivity contribution in [2.24, 2.45) is 0 Å². The maximum atomic E-state index is 4.17. The van der Waals surface area contributed by atoms with Crippen LogP contribution < -0.4 is 0 Å². The number of rotatable bonds is 6. The Bertz CT molecular complexity index is 542. The standard InChI is InChI=1S/C18H25N3S/c1-2-16-3-5-17(6-4-16)15-21-13-11-20(12-14-21)10-8-18-7-9-19-22-18/h3-7,9H,2,8,10-15H2,1H3. The van der Waals surface area contributed by atoms with Crippen molar-refractivity contribution < 1.29 is 0 Å². The first kappa shape index (κ1) is 15.7. The fourth-order valence-electron chi connectivity index (χ4n) is 2.95. The Kier molecular flexibility index (Phi) is 5.59. The largest absolute Gasteiger partial charge is 0.300 e. The van der Waals surface area contributed by atoms with Gasteiger partial charge >= 0.3 is 0 Å². The average Bonchev–Trinajstić information content (AvgIpc) is 3.08. The summed E-state index contributed by atoms with van der Waals surface area (Å²) >= 11 is 1.63. The summed E-state index contributed by atoms with van der Waals surface area (Å²) in [6, 6.07) is 11.2. The van der Waals surface area contributed by atoms with Gasteiger partial charge in [0, 0.05) is 50.3 Å². The van der Waals surface area contributed by atoms with Crippen LogP contribution in [0.5, 0.6) is 0 Å². The van der Waals surface area contributed by atoms with Crippen LogP contribution in [0.2, 0.25) is 0 Å². The van der Waals surface area contributed by atoms with Crippen molar-refractivity contribution in [2.75, 3.05) is 32.7 Å². The topological polar surface area (TPSA) is 19.4 Å². The normalized spacial score (nSPS) is 17.0. The van der Waals surface area contributed by atoms with Gasteiger partial charge in [0.05, 0.1) is 0 Å². The Morgan fingerprint density at radius 1 is 0.955 bits per heavy atom. The van der Waals surface area contributed by atoms with Crippen LogP contribution >= 0.6 is 11.5 Å². The summed E-state index contributed by atoms with van der Waals surface area (Å²) in [7, 11) is 0. The molecule has 0 unspecified atom stereocenters. The van der Waals surface area contributed by atoms with E-state index in [1.165, 1.54) is 48.7 Å². The zero-order valence-corrected chi connectivity index (χ0v) is 14.2. The van der Waals surface area contributed by atoms with E-state index in [-0.39, 0.29) is 0 Å². The average molecular weight is 315 g/mol. The Balaban J connectivity index is 1.41. The lowest BCUT2D eigenvalue weighted by Gasteiger charge is -2.34. The van der Waals surface area contributed by atoms with Gasteiger partial charge in [-0.05, 0) is 41.6 Å². The number of hydrogen-bond acceptors (Lipinski definition) is 4. The van der Waals surface area contributed by atoms with Crippen LogP contribution in [0.1, 0.15) is 22.9 Å². The van der Waals surface area contributed by atoms with Crippen molar-refractivity contribution in [3.05, 3.63) is 52.5 Å². The molecule has 3 nitrogen and oxygen atoms in total. The monoisotopic (exact) mass is 315 g/mol. The minimum Gasteiger partial charge on any atom is -0.300 e. The van der Waals surface area contributed by atoms with Gasteiger partial charge in [-0.15, -0.1) is 0 Å². The first-order chi connectivity index (χ1) is 10.8. The number of piperazine rings is 1. The van der Waals surface area contributed by atoms with Crippen LogP contribution in [0.25, 0.3) is 0 Å². The van der Waals surface area contributed by atoms with Gasteiger partial charge in [0.2, 0.25) is 0 Å². The van der Waals surface area contributed by atoms with Crippen molar-refractivity contribution in [2.45, 2.75) is 26.3 Å². The highest BCUT2D eigenvalue weighted by Crippen LogP contribution is 2.12. The second-order valence-electron chi connectivity index (χ2n) is 6.02. The van der Waals surface area contributed by atoms with Gasteiger partial charge in [-0.1, -0.05) is 31.2 Å². The van der Waals surface area contributed by atoms with Crippen molar-refractivity contribution in [3.63, 3.8) is 0 Å². The van der Waals surface area contributed by atoms with E-state index in [1.54, 1.807) is 11.5 Å². The Hall–Kier alpha value is -1.23. The third-order valence-electron chi connectivity index (χ3n) is 4.47. The third kappa shape index (κ3) is 4.38. The molecule has 118 valence electrons. The van der Waals surface area contributed by atoms with E-state index >= 15 is 0 Å². The zero-order chi connectivity index (χ0) is 15.2. The van der Waals surface area contributed by atoms with Crippen molar-refractivity contribution in [1.29, 1.82) is 0 Å². The molecular formula is C18H25N3S. The summed E-state index contributed by atoms with van der Waals surface area (Å²) in [6.45, 7) is 9.20. The van der Waals surface area contributed by atoms with Crippen LogP contribution in [0.15, 0.2) is 36.5 Å². The molecule has 1 aromatic heterocycles. The van der Waals surface area contributed by atoms with Crippen molar-refractivity contribution in [1.82, 2.24) is 14.2 Å². The number of nitrogens with zero attached hydrogens (tertiary/aromatic N) is 3. The van der Waals surface area contributed by atoms with Gasteiger partial charge in [-0.3, -0.25) is 4.90 Å². The molecule has 1 aromatic carbocycles. The smallest absolute Gasteiger partial charge is 0.0409 e. The predicted octanol–water partition coefficient (Wildman–Crippen LogP) is 3.07. The van der Waals surface area contributed by atoms with Gasteiger partial charge in [0.25, 0.3) is 0 Å². The van der Waals surface area contributed by atoms with Gasteiger partial charge in [0.1, 0.15) is 0 Å². The van der Waals surface area contributed by atoms with Gasteiger partial charge < -0.3 is 4.90 Å². The Labute approximate surface area is 137 Å². The highest BCUT2D eigenvalue weighted by molar-refractivity contribution is 7.05. The molecule has 4 heteroatoms. The van der Waals surface area contributed by atoms with E-state index in [1.807, 2.05) is 6.20 Å². The summed E-state index contributed by atoms with van der Waals surface area (Å²) in [4.78, 5) is 6.55. The van der Waals surface area contributed by atoms with Crippen LogP contribution in [-0.2, 0) is 19.4 Å². The van der Waals surface area contributed by atoms with E-state index in [0.717, 1.165) is 19.4 Å². The molecule has 0 radical (unpaired) electrons. The number of benzene rings is 1. The summed E-state index contributed by atoms with van der Waals surface area (Å²) in [6.07, 6.45) is 4.17. The molecule has 1 fully saturated rings. The zero-order valence-electron chi connectivity index (χ0n) is 13.4. The minimum atomic E-state index is 1.09. The third-order valence-corrected chi connectivity index (χ3v) is 5.27. The van der Waals surface area contributed by atoms with E-state index < -0.39 is 0 Å². The first-order valence-electron chi connectivity index (χ1n) is 8.25. The molecule has 22 heavy (non-hydrogen) atoms. The molecule has 0 amide bonds. The van der Waals surface area contributed by atoms with Gasteiger partial charge in [0.15, 0.2) is 0 Å². The molecular weight excluding hydrogens is 290 g/mol. The summed E-state index contributed by atoms with van der Waals surface area (Å²) in [5.41, 5.74) is 2.87. The second kappa shape index (κ2) is 7.86. The molecule has 0 atom stereocenters. The quantitative estimate of drug-likeness (QED) is 0.817. The van der Waals surface area contributed by atoms with E-state index in [2.05, 4.69) is 51.4 Å². The molecule has 0 saturated carbocycles. The molecule has 1 aliphatic rings. The minimum absolute atomic E-state index is 1.09. The molecule has 0 bridgehead atoms. The molecule has 2 heterocycles. The molecule has 3 rings (SSSR count). The summed E-state index contributed by atoms with van der Waals surface area (Å²) in [5.74, 6) is 0. The summed E-state index contributed by atoms with van der Waals surface area (Å²) in [5, 5.41) is 0. The van der Waals surface area contributed by atoms with Crippen LogP contribution in [0, 0.1) is 0 Å². The van der Waals surface area contributed by atoms with Gasteiger partial charge in [-0.25, -0.2) is 4.37 Å². The lowest BCUT2D eigenvalue weighted by atomic mass is 10.1. The fourth-order valence-corrected chi connectivity index (χ4v) is 3.51. The van der Waals surface area contributed by atoms with E-state index in [9.17, 15) is 0 Å². The van der Waals surface area contributed by atoms with Gasteiger partial charge in [-0.2, -0.15) is 0 Å². The predicted molar refractivity (Wildman–Crippen MR) is 93.4 cm³/mol. The number of hydrogen-bond donors (Lipinski definition) is 0.